The molecule has 0 bridgehead atoms. The van der Waals surface area contributed by atoms with Crippen molar-refractivity contribution in [3.05, 3.63) is 101 Å². The Morgan fingerprint density at radius 3 is 2.54 bits per heavy atom. The van der Waals surface area contributed by atoms with Crippen LogP contribution in [0.3, 0.4) is 0 Å². The number of hydrogen-bond acceptors (Lipinski definition) is 7. The summed E-state index contributed by atoms with van der Waals surface area (Å²) in [4.78, 5) is 21.9. The van der Waals surface area contributed by atoms with Crippen LogP contribution in [0.15, 0.2) is 71.9 Å². The fourth-order valence-corrected chi connectivity index (χ4v) is 3.63. The number of rotatable bonds is 5. The van der Waals surface area contributed by atoms with Crippen molar-refractivity contribution < 1.29 is 27.5 Å². The highest BCUT2D eigenvalue weighted by Crippen LogP contribution is 2.37. The van der Waals surface area contributed by atoms with E-state index in [0.29, 0.717) is 5.69 Å². The molecule has 192 valence electrons. The van der Waals surface area contributed by atoms with Crippen molar-refractivity contribution in [3.8, 4) is 0 Å². The molecule has 0 saturated heterocycles. The van der Waals surface area contributed by atoms with E-state index in [1.54, 1.807) is 30.3 Å². The van der Waals surface area contributed by atoms with Crippen molar-refractivity contribution in [2.75, 3.05) is 5.73 Å². The van der Waals surface area contributed by atoms with E-state index in [0.717, 1.165) is 6.07 Å². The summed E-state index contributed by atoms with van der Waals surface area (Å²) in [5.41, 5.74) is 9.73. The Balaban J connectivity index is 1.79. The summed E-state index contributed by atoms with van der Waals surface area (Å²) in [7, 11) is 0. The zero-order valence-corrected chi connectivity index (χ0v) is 19.3. The third-order valence-electron chi connectivity index (χ3n) is 5.46. The van der Waals surface area contributed by atoms with Crippen LogP contribution in [-0.2, 0) is 6.18 Å². The van der Waals surface area contributed by atoms with Gasteiger partial charge in [-0.2, -0.15) is 13.2 Å². The lowest BCUT2D eigenvalue weighted by Gasteiger charge is -2.19. The Labute approximate surface area is 208 Å². The first-order valence-electron chi connectivity index (χ1n) is 11.0. The van der Waals surface area contributed by atoms with Gasteiger partial charge in [-0.15, -0.1) is 0 Å². The number of amidine groups is 1. The van der Waals surface area contributed by atoms with Gasteiger partial charge in [0.05, 0.1) is 40.3 Å². The summed E-state index contributed by atoms with van der Waals surface area (Å²) in [6.07, 6.45) is -3.03. The Kier molecular flexibility index (Phi) is 7.23. The summed E-state index contributed by atoms with van der Waals surface area (Å²) in [5, 5.41) is 12.4. The van der Waals surface area contributed by atoms with Gasteiger partial charge in [0.2, 0.25) is 0 Å². The first-order valence-corrected chi connectivity index (χ1v) is 11.0. The van der Waals surface area contributed by atoms with E-state index in [1.165, 1.54) is 31.3 Å². The molecule has 1 aromatic heterocycles. The number of nitrogens with two attached hydrogens (primary N) is 1. The lowest BCUT2D eigenvalue weighted by Crippen LogP contribution is -2.34. The Hall–Kier alpha value is -4.29. The molecule has 0 radical (unpaired) electrons. The molecule has 4 rings (SSSR count). The number of amides is 1. The molecule has 1 aliphatic heterocycles. The monoisotopic (exact) mass is 514 g/mol. The molecule has 0 aliphatic carbocycles. The predicted octanol–water partition coefficient (Wildman–Crippen LogP) is 4.05. The summed E-state index contributed by atoms with van der Waals surface area (Å²) in [6, 6.07) is 11.5. The highest BCUT2D eigenvalue weighted by atomic mass is 19.4. The van der Waals surface area contributed by atoms with Crippen LogP contribution in [-0.4, -0.2) is 21.8 Å². The fourth-order valence-electron chi connectivity index (χ4n) is 3.63. The molecule has 1 amide bonds. The van der Waals surface area contributed by atoms with Crippen molar-refractivity contribution in [1.29, 1.82) is 0 Å². The number of aliphatic hydroxyl groups is 1. The van der Waals surface area contributed by atoms with Crippen LogP contribution < -0.4 is 21.9 Å². The van der Waals surface area contributed by atoms with Gasteiger partial charge in [0.1, 0.15) is 11.5 Å². The maximum Gasteiger partial charge on any atom is 0.416 e. The van der Waals surface area contributed by atoms with Gasteiger partial charge in [-0.1, -0.05) is 18.2 Å². The number of nitrogen functional groups attached to an aromatic ring is 1. The second-order valence-electron chi connectivity index (χ2n) is 8.14. The van der Waals surface area contributed by atoms with Crippen LogP contribution in [0.2, 0.25) is 0 Å². The number of anilines is 1. The molecule has 8 nitrogen and oxygen atoms in total. The Morgan fingerprint density at radius 2 is 1.92 bits per heavy atom. The van der Waals surface area contributed by atoms with Crippen molar-refractivity contribution >= 4 is 23.1 Å². The van der Waals surface area contributed by atoms with Crippen LogP contribution in [0.4, 0.5) is 28.9 Å². The largest absolute Gasteiger partial charge is 0.416 e. The molecule has 2 aromatic carbocycles. The van der Waals surface area contributed by atoms with Crippen molar-refractivity contribution in [2.24, 2.45) is 4.99 Å². The second-order valence-corrected chi connectivity index (χ2v) is 8.14. The number of hydrazine groups is 1. The zero-order valence-electron chi connectivity index (χ0n) is 19.3. The number of carbonyl (C=O) groups is 1. The molecule has 0 fully saturated rings. The third kappa shape index (κ3) is 5.76. The van der Waals surface area contributed by atoms with Gasteiger partial charge < -0.3 is 21.6 Å². The van der Waals surface area contributed by atoms with E-state index < -0.39 is 41.2 Å². The van der Waals surface area contributed by atoms with E-state index in [1.807, 2.05) is 0 Å². The minimum absolute atomic E-state index is 0.00672. The second kappa shape index (κ2) is 10.4. The van der Waals surface area contributed by atoms with Crippen molar-refractivity contribution in [3.63, 3.8) is 0 Å². The normalized spacial score (nSPS) is 16.4. The fraction of sp³-hybridized carbons (Fsp3) is 0.160. The van der Waals surface area contributed by atoms with Gasteiger partial charge in [-0.3, -0.25) is 4.79 Å². The van der Waals surface area contributed by atoms with Gasteiger partial charge in [-0.05, 0) is 55.0 Å². The molecule has 1 aliphatic rings. The number of alkyl halides is 3. The van der Waals surface area contributed by atoms with Gasteiger partial charge in [0, 0.05) is 6.20 Å². The van der Waals surface area contributed by atoms with Gasteiger partial charge in [-0.25, -0.2) is 19.8 Å². The number of benzene rings is 2. The number of para-hydroxylation sites is 1. The summed E-state index contributed by atoms with van der Waals surface area (Å²) < 4.78 is 55.8. The lowest BCUT2D eigenvalue weighted by atomic mass is 9.96. The summed E-state index contributed by atoms with van der Waals surface area (Å²) in [6.45, 7) is 1.48. The number of aliphatic imine (C=N–C) groups is 1. The smallest absolute Gasteiger partial charge is 0.397 e. The van der Waals surface area contributed by atoms with E-state index in [2.05, 4.69) is 26.1 Å². The van der Waals surface area contributed by atoms with Gasteiger partial charge in [0.15, 0.2) is 5.84 Å². The van der Waals surface area contributed by atoms with Crippen LogP contribution in [0.25, 0.3) is 0 Å². The van der Waals surface area contributed by atoms with E-state index in [4.69, 9.17) is 5.73 Å². The number of hydrogen-bond donors (Lipinski definition) is 5. The van der Waals surface area contributed by atoms with Crippen molar-refractivity contribution in [1.82, 2.24) is 21.2 Å². The standard InChI is InChI=1S/C25H22F4N6O2/c1-13(36)20-8-7-19(30)22(33-20)23(32-14-5-3-2-4-6-14)34-24(37)16-11-15(21-9-10-31-35-21)17(12-18(16)26)25(27,28)29/h2-13,21,31,35-36H,30H2,1H3,(H,32,34,37). The first kappa shape index (κ1) is 25.8. The first-order chi connectivity index (χ1) is 17.5. The maximum atomic E-state index is 14.9. The van der Waals surface area contributed by atoms with Gasteiger partial charge >= 0.3 is 6.18 Å². The summed E-state index contributed by atoms with van der Waals surface area (Å²) >= 11 is 0. The zero-order chi connectivity index (χ0) is 26.7. The molecular formula is C25H22F4N6O2. The number of pyridine rings is 1. The van der Waals surface area contributed by atoms with E-state index >= 15 is 0 Å². The van der Waals surface area contributed by atoms with E-state index in [-0.39, 0.29) is 34.5 Å². The highest BCUT2D eigenvalue weighted by Gasteiger charge is 2.37. The molecule has 2 atom stereocenters. The van der Waals surface area contributed by atoms with Crippen molar-refractivity contribution in [2.45, 2.75) is 25.2 Å². The Morgan fingerprint density at radius 1 is 1.19 bits per heavy atom. The molecule has 6 N–H and O–H groups in total. The average Bonchev–Trinajstić information content (AvgIpc) is 3.38. The van der Waals surface area contributed by atoms with Crippen LogP contribution in [0.5, 0.6) is 0 Å². The molecule has 3 aromatic rings. The minimum Gasteiger partial charge on any atom is -0.397 e. The van der Waals surface area contributed by atoms with Crippen LogP contribution in [0.1, 0.15) is 51.9 Å². The molecular weight excluding hydrogens is 492 g/mol. The topological polar surface area (TPSA) is 125 Å². The van der Waals surface area contributed by atoms with Gasteiger partial charge in [0.25, 0.3) is 5.91 Å². The Bertz CT molecular complexity index is 1370. The van der Waals surface area contributed by atoms with Crippen LogP contribution in [0, 0.1) is 5.82 Å². The number of carbonyl (C=O) groups excluding carboxylic acids is 1. The third-order valence-corrected chi connectivity index (χ3v) is 5.46. The lowest BCUT2D eigenvalue weighted by molar-refractivity contribution is -0.138. The SMILES string of the molecule is CC(O)c1ccc(N)c(C(=Nc2ccccc2)NC(=O)c2cc(C3C=CNN3)c(C(F)(F)F)cc2F)n1. The molecule has 37 heavy (non-hydrogen) atoms. The molecule has 0 saturated carbocycles. The number of aliphatic hydroxyl groups excluding tert-OH is 1. The van der Waals surface area contributed by atoms with Crippen LogP contribution >= 0.6 is 0 Å². The maximum absolute atomic E-state index is 14.9. The molecule has 2 heterocycles. The number of nitrogens with one attached hydrogen (secondary N) is 3. The quantitative estimate of drug-likeness (QED) is 0.199. The molecule has 0 spiro atoms. The molecule has 2 unspecified atom stereocenters. The predicted molar refractivity (Wildman–Crippen MR) is 129 cm³/mol. The molecule has 12 heteroatoms. The average molecular weight is 514 g/mol. The number of aromatic nitrogens is 1. The number of nitrogens with zero attached hydrogens (tertiary/aromatic N) is 2. The highest BCUT2D eigenvalue weighted by molar-refractivity contribution is 6.14. The minimum atomic E-state index is -4.86. The summed E-state index contributed by atoms with van der Waals surface area (Å²) in [5.74, 6) is -2.63. The number of halogens is 4. The van der Waals surface area contributed by atoms with E-state index in [9.17, 15) is 27.5 Å².